The number of carbonyl (C=O) groups excluding carboxylic acids is 2. The Morgan fingerprint density at radius 1 is 1.18 bits per heavy atom. The zero-order valence-electron chi connectivity index (χ0n) is 13.1. The van der Waals surface area contributed by atoms with Crippen molar-refractivity contribution < 1.29 is 9.59 Å². The summed E-state index contributed by atoms with van der Waals surface area (Å²) in [6, 6.07) is 0. The fraction of sp³-hybridized carbons (Fsp3) is 0.688. The number of piperidine rings is 1. The summed E-state index contributed by atoms with van der Waals surface area (Å²) in [5, 5.41) is 2.76. The second kappa shape index (κ2) is 6.77. The molecule has 0 unspecified atom stereocenters. The van der Waals surface area contributed by atoms with E-state index in [4.69, 9.17) is 0 Å². The molecule has 0 aliphatic carbocycles. The van der Waals surface area contributed by atoms with Gasteiger partial charge >= 0.3 is 0 Å². The zero-order chi connectivity index (χ0) is 15.5. The van der Waals surface area contributed by atoms with Crippen LogP contribution in [0.3, 0.4) is 0 Å². The second-order valence-corrected chi connectivity index (χ2v) is 7.34. The lowest BCUT2D eigenvalue weighted by atomic mass is 9.93. The summed E-state index contributed by atoms with van der Waals surface area (Å²) in [7, 11) is 0. The van der Waals surface area contributed by atoms with Gasteiger partial charge in [-0.3, -0.25) is 9.59 Å². The highest BCUT2D eigenvalue weighted by atomic mass is 32.1. The molecule has 22 heavy (non-hydrogen) atoms. The SMILES string of the molecule is Cc1nc(C(=O)N2CCC(CC(=O)N3CCCC3)CC2)cs1. The van der Waals surface area contributed by atoms with Crippen LogP contribution in [-0.4, -0.2) is 52.8 Å². The maximum Gasteiger partial charge on any atom is 0.273 e. The number of thiazole rings is 1. The normalized spacial score (nSPS) is 19.7. The van der Waals surface area contributed by atoms with Crippen LogP contribution in [0, 0.1) is 12.8 Å². The number of carbonyl (C=O) groups is 2. The topological polar surface area (TPSA) is 53.5 Å². The first kappa shape index (κ1) is 15.5. The number of amides is 2. The molecule has 1 aromatic rings. The molecule has 0 radical (unpaired) electrons. The zero-order valence-corrected chi connectivity index (χ0v) is 13.9. The van der Waals surface area contributed by atoms with Gasteiger partial charge < -0.3 is 9.80 Å². The largest absolute Gasteiger partial charge is 0.343 e. The van der Waals surface area contributed by atoms with Crippen LogP contribution in [0.4, 0.5) is 0 Å². The first-order valence-electron chi connectivity index (χ1n) is 8.12. The van der Waals surface area contributed by atoms with E-state index in [0.717, 1.165) is 56.9 Å². The van der Waals surface area contributed by atoms with Crippen molar-refractivity contribution in [3.05, 3.63) is 16.1 Å². The average molecular weight is 321 g/mol. The monoisotopic (exact) mass is 321 g/mol. The molecule has 2 saturated heterocycles. The molecule has 2 fully saturated rings. The first-order valence-corrected chi connectivity index (χ1v) is 9.00. The molecule has 0 bridgehead atoms. The molecule has 3 rings (SSSR count). The minimum atomic E-state index is 0.0358. The third-order valence-electron chi connectivity index (χ3n) is 4.66. The molecule has 2 amide bonds. The summed E-state index contributed by atoms with van der Waals surface area (Å²) in [5.41, 5.74) is 0.564. The molecule has 2 aliphatic heterocycles. The Hall–Kier alpha value is -1.43. The van der Waals surface area contributed by atoms with E-state index < -0.39 is 0 Å². The van der Waals surface area contributed by atoms with Crippen molar-refractivity contribution in [3.8, 4) is 0 Å². The van der Waals surface area contributed by atoms with E-state index in [-0.39, 0.29) is 5.91 Å². The van der Waals surface area contributed by atoms with Gasteiger partial charge in [0.05, 0.1) is 5.01 Å². The van der Waals surface area contributed by atoms with Gasteiger partial charge in [0.2, 0.25) is 5.91 Å². The number of aromatic nitrogens is 1. The van der Waals surface area contributed by atoms with Crippen LogP contribution in [0.5, 0.6) is 0 Å². The molecule has 1 aromatic heterocycles. The van der Waals surface area contributed by atoms with Gasteiger partial charge in [-0.05, 0) is 38.5 Å². The lowest BCUT2D eigenvalue weighted by Gasteiger charge is -2.32. The van der Waals surface area contributed by atoms with E-state index in [2.05, 4.69) is 4.98 Å². The van der Waals surface area contributed by atoms with E-state index in [0.29, 0.717) is 23.9 Å². The molecule has 3 heterocycles. The molecule has 120 valence electrons. The molecular formula is C16H23N3O2S. The molecule has 0 atom stereocenters. The molecule has 0 spiro atoms. The maximum absolute atomic E-state index is 12.3. The van der Waals surface area contributed by atoms with Crippen LogP contribution >= 0.6 is 11.3 Å². The van der Waals surface area contributed by atoms with Crippen LogP contribution < -0.4 is 0 Å². The van der Waals surface area contributed by atoms with Crippen LogP contribution in [0.1, 0.15) is 47.6 Å². The van der Waals surface area contributed by atoms with E-state index in [1.807, 2.05) is 22.1 Å². The quantitative estimate of drug-likeness (QED) is 0.858. The summed E-state index contributed by atoms with van der Waals surface area (Å²) in [5.74, 6) is 0.764. The Kier molecular flexibility index (Phi) is 4.76. The van der Waals surface area contributed by atoms with E-state index >= 15 is 0 Å². The molecule has 0 N–H and O–H groups in total. The van der Waals surface area contributed by atoms with Crippen molar-refractivity contribution in [1.29, 1.82) is 0 Å². The van der Waals surface area contributed by atoms with Gasteiger partial charge in [0, 0.05) is 38.0 Å². The predicted molar refractivity (Wildman–Crippen MR) is 85.9 cm³/mol. The number of nitrogens with zero attached hydrogens (tertiary/aromatic N) is 3. The molecule has 5 nitrogen and oxygen atoms in total. The lowest BCUT2D eigenvalue weighted by molar-refractivity contribution is -0.131. The lowest BCUT2D eigenvalue weighted by Crippen LogP contribution is -2.40. The smallest absolute Gasteiger partial charge is 0.273 e. The molecule has 2 aliphatic rings. The average Bonchev–Trinajstić information content (AvgIpc) is 3.18. The Bertz CT molecular complexity index is 543. The van der Waals surface area contributed by atoms with Gasteiger partial charge in [-0.15, -0.1) is 11.3 Å². The number of rotatable bonds is 3. The van der Waals surface area contributed by atoms with E-state index in [1.54, 1.807) is 0 Å². The summed E-state index contributed by atoms with van der Waals surface area (Å²) in [6.07, 6.45) is 4.79. The highest BCUT2D eigenvalue weighted by Gasteiger charge is 2.28. The second-order valence-electron chi connectivity index (χ2n) is 6.28. The van der Waals surface area contributed by atoms with Crippen molar-refractivity contribution in [2.45, 2.75) is 39.0 Å². The van der Waals surface area contributed by atoms with Crippen molar-refractivity contribution >= 4 is 23.2 Å². The highest BCUT2D eigenvalue weighted by Crippen LogP contribution is 2.24. The Labute approximate surface area is 135 Å². The van der Waals surface area contributed by atoms with Gasteiger partial charge in [0.1, 0.15) is 5.69 Å². The molecule has 6 heteroatoms. The van der Waals surface area contributed by atoms with E-state index in [9.17, 15) is 9.59 Å². The Balaban J connectivity index is 1.47. The molecular weight excluding hydrogens is 298 g/mol. The van der Waals surface area contributed by atoms with Gasteiger partial charge in [0.15, 0.2) is 0 Å². The fourth-order valence-electron chi connectivity index (χ4n) is 3.31. The van der Waals surface area contributed by atoms with Crippen molar-refractivity contribution in [2.24, 2.45) is 5.92 Å². The predicted octanol–water partition coefficient (Wildman–Crippen LogP) is 2.32. The number of likely N-dealkylation sites (tertiary alicyclic amines) is 2. The van der Waals surface area contributed by atoms with Gasteiger partial charge in [0.25, 0.3) is 5.91 Å². The summed E-state index contributed by atoms with van der Waals surface area (Å²) < 4.78 is 0. The van der Waals surface area contributed by atoms with Crippen molar-refractivity contribution in [3.63, 3.8) is 0 Å². The molecule has 0 aromatic carbocycles. The number of aryl methyl sites for hydroxylation is 1. The van der Waals surface area contributed by atoms with Gasteiger partial charge in [-0.2, -0.15) is 0 Å². The molecule has 0 saturated carbocycles. The van der Waals surface area contributed by atoms with Crippen LogP contribution in [-0.2, 0) is 4.79 Å². The first-order chi connectivity index (χ1) is 10.6. The Morgan fingerprint density at radius 3 is 2.45 bits per heavy atom. The van der Waals surface area contributed by atoms with Crippen LogP contribution in [0.25, 0.3) is 0 Å². The van der Waals surface area contributed by atoms with Crippen LogP contribution in [0.2, 0.25) is 0 Å². The minimum absolute atomic E-state index is 0.0358. The summed E-state index contributed by atoms with van der Waals surface area (Å²) >= 11 is 1.51. The standard InChI is InChI=1S/C16H23N3O2S/c1-12-17-14(11-22-12)16(21)19-8-4-13(5-9-19)10-15(20)18-6-2-3-7-18/h11,13H,2-10H2,1H3. The minimum Gasteiger partial charge on any atom is -0.343 e. The third kappa shape index (κ3) is 3.48. The van der Waals surface area contributed by atoms with Crippen molar-refractivity contribution in [1.82, 2.24) is 14.8 Å². The highest BCUT2D eigenvalue weighted by molar-refractivity contribution is 7.09. The van der Waals surface area contributed by atoms with Crippen molar-refractivity contribution in [2.75, 3.05) is 26.2 Å². The number of hydrogen-bond donors (Lipinski definition) is 0. The third-order valence-corrected chi connectivity index (χ3v) is 5.44. The van der Waals surface area contributed by atoms with E-state index in [1.165, 1.54) is 11.3 Å². The fourth-order valence-corrected chi connectivity index (χ4v) is 3.89. The van der Waals surface area contributed by atoms with Crippen LogP contribution in [0.15, 0.2) is 5.38 Å². The summed E-state index contributed by atoms with van der Waals surface area (Å²) in [4.78, 5) is 32.7. The Morgan fingerprint density at radius 2 is 1.86 bits per heavy atom. The number of hydrogen-bond acceptors (Lipinski definition) is 4. The maximum atomic E-state index is 12.3. The van der Waals surface area contributed by atoms with Gasteiger partial charge in [-0.1, -0.05) is 0 Å². The summed E-state index contributed by atoms with van der Waals surface area (Å²) in [6.45, 7) is 5.26. The van der Waals surface area contributed by atoms with Gasteiger partial charge in [-0.25, -0.2) is 4.98 Å².